The zero-order valence-electron chi connectivity index (χ0n) is 12.2. The Hall–Kier alpha value is -3.22. The summed E-state index contributed by atoms with van der Waals surface area (Å²) in [6.07, 6.45) is 1.45. The topological polar surface area (TPSA) is 96.0 Å². The number of nitrogens with two attached hydrogens (primary N) is 1. The van der Waals surface area contributed by atoms with Gasteiger partial charge in [0.05, 0.1) is 17.8 Å². The maximum absolute atomic E-state index is 12.4. The second-order valence-electron chi connectivity index (χ2n) is 5.24. The highest BCUT2D eigenvalue weighted by Crippen LogP contribution is 2.27. The fourth-order valence-electron chi connectivity index (χ4n) is 2.63. The molecule has 114 valence electrons. The molecule has 7 nitrogen and oxygen atoms in total. The number of aromatic nitrogens is 1. The number of fused-ring (bicyclic) bond motifs is 3. The lowest BCUT2D eigenvalue weighted by Crippen LogP contribution is -2.47. The lowest BCUT2D eigenvalue weighted by molar-refractivity contribution is 0.0974. The molecular weight excluding hydrogens is 292 g/mol. The number of nitrogens with one attached hydrogen (secondary N) is 1. The van der Waals surface area contributed by atoms with E-state index >= 15 is 0 Å². The number of amides is 1. The quantitative estimate of drug-likeness (QED) is 0.826. The van der Waals surface area contributed by atoms with Gasteiger partial charge in [-0.25, -0.2) is 9.98 Å². The number of guanidine groups is 1. The second-order valence-corrected chi connectivity index (χ2v) is 5.24. The van der Waals surface area contributed by atoms with E-state index in [1.54, 1.807) is 12.1 Å². The van der Waals surface area contributed by atoms with Crippen LogP contribution < -0.4 is 11.1 Å². The number of pyridine rings is 1. The number of aliphatic imine (C=N–C) groups is 2. The lowest BCUT2D eigenvalue weighted by atomic mass is 10.1. The van der Waals surface area contributed by atoms with Gasteiger partial charge in [0.15, 0.2) is 0 Å². The highest BCUT2D eigenvalue weighted by molar-refractivity contribution is 6.19. The van der Waals surface area contributed by atoms with Gasteiger partial charge < -0.3 is 5.73 Å². The van der Waals surface area contributed by atoms with E-state index in [2.05, 4.69) is 20.3 Å². The van der Waals surface area contributed by atoms with Gasteiger partial charge in [-0.1, -0.05) is 12.1 Å². The highest BCUT2D eigenvalue weighted by Gasteiger charge is 2.30. The van der Waals surface area contributed by atoms with E-state index < -0.39 is 0 Å². The molecule has 1 aromatic carbocycles. The van der Waals surface area contributed by atoms with E-state index in [4.69, 9.17) is 5.73 Å². The summed E-state index contributed by atoms with van der Waals surface area (Å²) >= 11 is 0. The van der Waals surface area contributed by atoms with Crippen LogP contribution in [0.5, 0.6) is 0 Å². The molecule has 4 rings (SSSR count). The monoisotopic (exact) mass is 306 g/mol. The maximum Gasteiger partial charge on any atom is 0.259 e. The minimum absolute atomic E-state index is 0.276. The van der Waals surface area contributed by atoms with Crippen molar-refractivity contribution in [3.63, 3.8) is 0 Å². The van der Waals surface area contributed by atoms with Crippen molar-refractivity contribution < 1.29 is 4.79 Å². The van der Waals surface area contributed by atoms with Crippen LogP contribution >= 0.6 is 0 Å². The molecule has 0 aliphatic carbocycles. The van der Waals surface area contributed by atoms with E-state index in [-0.39, 0.29) is 5.91 Å². The van der Waals surface area contributed by atoms with E-state index in [1.807, 2.05) is 29.2 Å². The number of nitrogens with zero attached hydrogens (tertiary/aromatic N) is 4. The van der Waals surface area contributed by atoms with Crippen molar-refractivity contribution in [1.82, 2.24) is 15.2 Å². The summed E-state index contributed by atoms with van der Waals surface area (Å²) in [5.41, 5.74) is 7.76. The fraction of sp³-hybridized carbons (Fsp3) is 0.125. The molecule has 0 fully saturated rings. The predicted octanol–water partition coefficient (Wildman–Crippen LogP) is 1.16. The van der Waals surface area contributed by atoms with Crippen LogP contribution in [0, 0.1) is 0 Å². The number of rotatable bonds is 1. The summed E-state index contributed by atoms with van der Waals surface area (Å²) in [5.74, 6) is 1.43. The third kappa shape index (κ3) is 2.32. The van der Waals surface area contributed by atoms with E-state index in [1.165, 1.54) is 6.20 Å². The number of benzene rings is 1. The Labute approximate surface area is 132 Å². The largest absolute Gasteiger partial charge is 0.384 e. The lowest BCUT2D eigenvalue weighted by Gasteiger charge is -2.27. The standard InChI is InChI=1S/C16H14N6O/c17-13-6-5-10(9-19-13)15(23)21-16-20-12-4-2-1-3-11(12)14-18-7-8-22(14)16/h1-6,9H,7-8H2,(H2,17,19)(H,20,21,23). The van der Waals surface area contributed by atoms with Gasteiger partial charge in [0.25, 0.3) is 5.91 Å². The highest BCUT2D eigenvalue weighted by atomic mass is 16.1. The summed E-state index contributed by atoms with van der Waals surface area (Å²) in [4.78, 5) is 27.3. The zero-order valence-corrected chi connectivity index (χ0v) is 12.2. The minimum Gasteiger partial charge on any atom is -0.384 e. The number of hydrogen-bond acceptors (Lipinski definition) is 6. The molecule has 23 heavy (non-hydrogen) atoms. The van der Waals surface area contributed by atoms with E-state index in [0.717, 1.165) is 17.1 Å². The smallest absolute Gasteiger partial charge is 0.259 e. The molecule has 0 spiro atoms. The number of hydrogen-bond donors (Lipinski definition) is 2. The van der Waals surface area contributed by atoms with Crippen LogP contribution in [0.4, 0.5) is 11.5 Å². The number of anilines is 1. The average Bonchev–Trinajstić information content (AvgIpc) is 3.06. The first-order chi connectivity index (χ1) is 11.2. The van der Waals surface area contributed by atoms with Crippen molar-refractivity contribution in [2.24, 2.45) is 9.98 Å². The Morgan fingerprint density at radius 2 is 2.09 bits per heavy atom. The molecule has 0 bridgehead atoms. The Kier molecular flexibility index (Phi) is 3.04. The van der Waals surface area contributed by atoms with Crippen molar-refractivity contribution >= 4 is 29.2 Å². The van der Waals surface area contributed by atoms with Gasteiger partial charge in [-0.05, 0) is 24.3 Å². The molecule has 0 saturated heterocycles. The van der Waals surface area contributed by atoms with Gasteiger partial charge in [-0.3, -0.25) is 20.0 Å². The van der Waals surface area contributed by atoms with Gasteiger partial charge in [0.2, 0.25) is 5.96 Å². The molecule has 0 unspecified atom stereocenters. The molecule has 3 N–H and O–H groups in total. The first kappa shape index (κ1) is 13.4. The number of carbonyl (C=O) groups excluding carboxylic acids is 1. The Morgan fingerprint density at radius 3 is 2.91 bits per heavy atom. The van der Waals surface area contributed by atoms with Crippen molar-refractivity contribution in [2.75, 3.05) is 18.8 Å². The third-order valence-electron chi connectivity index (χ3n) is 3.74. The molecule has 1 aromatic heterocycles. The van der Waals surface area contributed by atoms with Crippen LogP contribution in [0.3, 0.4) is 0 Å². The van der Waals surface area contributed by atoms with Crippen molar-refractivity contribution in [1.29, 1.82) is 0 Å². The van der Waals surface area contributed by atoms with Crippen molar-refractivity contribution in [3.05, 3.63) is 53.7 Å². The minimum atomic E-state index is -0.276. The average molecular weight is 306 g/mol. The van der Waals surface area contributed by atoms with Crippen LogP contribution in [-0.2, 0) is 0 Å². The molecule has 2 aromatic rings. The van der Waals surface area contributed by atoms with Crippen LogP contribution in [-0.4, -0.2) is 40.7 Å². The van der Waals surface area contributed by atoms with Crippen LogP contribution in [0.25, 0.3) is 0 Å². The van der Waals surface area contributed by atoms with Gasteiger partial charge in [-0.15, -0.1) is 0 Å². The molecule has 0 radical (unpaired) electrons. The summed E-state index contributed by atoms with van der Waals surface area (Å²) < 4.78 is 0. The summed E-state index contributed by atoms with van der Waals surface area (Å²) in [6.45, 7) is 1.38. The molecule has 2 aliphatic rings. The number of para-hydroxylation sites is 1. The van der Waals surface area contributed by atoms with Crippen molar-refractivity contribution in [3.8, 4) is 0 Å². The number of carbonyl (C=O) groups is 1. The Balaban J connectivity index is 1.66. The summed E-state index contributed by atoms with van der Waals surface area (Å²) in [5, 5.41) is 2.84. The predicted molar refractivity (Wildman–Crippen MR) is 87.8 cm³/mol. The van der Waals surface area contributed by atoms with Crippen molar-refractivity contribution in [2.45, 2.75) is 0 Å². The van der Waals surface area contributed by atoms with Gasteiger partial charge in [-0.2, -0.15) is 0 Å². The van der Waals surface area contributed by atoms with Gasteiger partial charge in [0.1, 0.15) is 11.7 Å². The number of nitrogen functional groups attached to an aromatic ring is 1. The second kappa shape index (κ2) is 5.20. The van der Waals surface area contributed by atoms with Crippen LogP contribution in [0.1, 0.15) is 15.9 Å². The SMILES string of the molecule is Nc1ccc(C(=O)NC2=Nc3ccccc3C3=NCCN23)cn1. The molecule has 0 saturated carbocycles. The molecule has 7 heteroatoms. The Morgan fingerprint density at radius 1 is 1.22 bits per heavy atom. The van der Waals surface area contributed by atoms with Crippen LogP contribution in [0.15, 0.2) is 52.6 Å². The zero-order chi connectivity index (χ0) is 15.8. The van der Waals surface area contributed by atoms with E-state index in [9.17, 15) is 4.79 Å². The molecule has 0 atom stereocenters. The van der Waals surface area contributed by atoms with Crippen LogP contribution in [0.2, 0.25) is 0 Å². The Bertz CT molecular complexity index is 840. The normalized spacial score (nSPS) is 15.4. The first-order valence-electron chi connectivity index (χ1n) is 7.25. The first-order valence-corrected chi connectivity index (χ1v) is 7.25. The maximum atomic E-state index is 12.4. The van der Waals surface area contributed by atoms with E-state index in [0.29, 0.717) is 30.4 Å². The molecule has 2 aliphatic heterocycles. The summed E-state index contributed by atoms with van der Waals surface area (Å²) in [6, 6.07) is 11.0. The third-order valence-corrected chi connectivity index (χ3v) is 3.74. The fourth-order valence-corrected chi connectivity index (χ4v) is 2.63. The molecular formula is C16H14N6O. The molecule has 1 amide bonds. The van der Waals surface area contributed by atoms with Gasteiger partial charge in [0, 0.05) is 18.3 Å². The van der Waals surface area contributed by atoms with Gasteiger partial charge >= 0.3 is 0 Å². The summed E-state index contributed by atoms with van der Waals surface area (Å²) in [7, 11) is 0. The number of amidine groups is 1. The molecule has 3 heterocycles.